The number of amides is 1. The summed E-state index contributed by atoms with van der Waals surface area (Å²) in [5.41, 5.74) is 4.70. The average Bonchev–Trinajstić information content (AvgIpc) is 2.88. The van der Waals surface area contributed by atoms with Gasteiger partial charge in [0.25, 0.3) is 5.91 Å². The number of sulfonamides is 1. The number of rotatable bonds is 9. The number of aryl methyl sites for hydroxylation is 1. The van der Waals surface area contributed by atoms with Crippen LogP contribution >= 0.6 is 0 Å². The van der Waals surface area contributed by atoms with Crippen LogP contribution in [0.1, 0.15) is 16.7 Å². The summed E-state index contributed by atoms with van der Waals surface area (Å²) < 4.78 is 46.2. The van der Waals surface area contributed by atoms with Gasteiger partial charge in [0.05, 0.1) is 17.7 Å². The lowest BCUT2D eigenvalue weighted by Crippen LogP contribution is -2.34. The van der Waals surface area contributed by atoms with Crippen LogP contribution in [0.3, 0.4) is 0 Å². The molecule has 0 saturated heterocycles. The summed E-state index contributed by atoms with van der Waals surface area (Å²) in [4.78, 5) is 12.3. The molecule has 184 valence electrons. The van der Waals surface area contributed by atoms with Gasteiger partial charge >= 0.3 is 0 Å². The Kier molecular flexibility index (Phi) is 7.72. The number of carbonyl (C=O) groups excluding carboxylic acids is 1. The van der Waals surface area contributed by atoms with Crippen LogP contribution in [0.25, 0.3) is 10.8 Å². The van der Waals surface area contributed by atoms with Crippen LogP contribution in [0.2, 0.25) is 0 Å². The van der Waals surface area contributed by atoms with Gasteiger partial charge in [0.2, 0.25) is 10.0 Å². The molecule has 0 radical (unpaired) electrons. The van der Waals surface area contributed by atoms with Gasteiger partial charge < -0.3 is 4.74 Å². The first-order valence-electron chi connectivity index (χ1n) is 11.1. The molecule has 4 aromatic carbocycles. The average molecular weight is 506 g/mol. The Bertz CT molecular complexity index is 1500. The number of nitrogens with one attached hydrogen (secondary N) is 2. The Labute approximate surface area is 208 Å². The summed E-state index contributed by atoms with van der Waals surface area (Å²) in [5.74, 6) is -0.429. The molecule has 0 saturated carbocycles. The molecule has 0 heterocycles. The van der Waals surface area contributed by atoms with E-state index in [9.17, 15) is 17.6 Å². The third-order valence-corrected chi connectivity index (χ3v) is 6.79. The molecule has 0 bridgehead atoms. The first-order valence-corrected chi connectivity index (χ1v) is 12.6. The van der Waals surface area contributed by atoms with Crippen molar-refractivity contribution in [1.29, 1.82) is 0 Å². The van der Waals surface area contributed by atoms with Gasteiger partial charge in [-0.15, -0.1) is 0 Å². The van der Waals surface area contributed by atoms with Crippen molar-refractivity contribution in [3.63, 3.8) is 0 Å². The summed E-state index contributed by atoms with van der Waals surface area (Å²) in [7, 11) is -3.83. The van der Waals surface area contributed by atoms with Crippen molar-refractivity contribution in [2.24, 2.45) is 5.10 Å². The zero-order chi connectivity index (χ0) is 25.5. The molecular weight excluding hydrogens is 481 g/mol. The predicted molar refractivity (Wildman–Crippen MR) is 137 cm³/mol. The zero-order valence-corrected chi connectivity index (χ0v) is 20.3. The summed E-state index contributed by atoms with van der Waals surface area (Å²) in [6.07, 6.45) is 1.45. The van der Waals surface area contributed by atoms with E-state index in [1.165, 1.54) is 30.5 Å². The molecule has 0 fully saturated rings. The number of halogens is 1. The molecule has 9 heteroatoms. The monoisotopic (exact) mass is 505 g/mol. The molecule has 0 aliphatic carbocycles. The molecule has 2 N–H and O–H groups in total. The number of carbonyl (C=O) groups is 1. The van der Waals surface area contributed by atoms with Gasteiger partial charge in [-0.2, -0.15) is 5.10 Å². The van der Waals surface area contributed by atoms with E-state index in [1.807, 2.05) is 37.3 Å². The maximum Gasteiger partial charge on any atom is 0.255 e. The van der Waals surface area contributed by atoms with E-state index in [2.05, 4.69) is 15.2 Å². The summed E-state index contributed by atoms with van der Waals surface area (Å²) in [6.45, 7) is 1.59. The van der Waals surface area contributed by atoms with E-state index in [0.717, 1.165) is 21.9 Å². The highest BCUT2D eigenvalue weighted by molar-refractivity contribution is 7.89. The van der Waals surface area contributed by atoms with Crippen molar-refractivity contribution in [3.05, 3.63) is 107 Å². The highest BCUT2D eigenvalue weighted by Crippen LogP contribution is 2.27. The lowest BCUT2D eigenvalue weighted by atomic mass is 10.0. The molecule has 0 aromatic heterocycles. The number of ether oxygens (including phenoxy) is 1. The fourth-order valence-electron chi connectivity index (χ4n) is 3.45. The van der Waals surface area contributed by atoms with Crippen LogP contribution in [0.15, 0.2) is 94.9 Å². The second-order valence-electron chi connectivity index (χ2n) is 8.04. The molecule has 7 nitrogen and oxygen atoms in total. The molecular formula is C27H24FN3O4S. The first-order chi connectivity index (χ1) is 17.3. The number of hydrazone groups is 1. The van der Waals surface area contributed by atoms with E-state index in [0.29, 0.717) is 11.3 Å². The Morgan fingerprint density at radius 1 is 0.972 bits per heavy atom. The van der Waals surface area contributed by atoms with Crippen LogP contribution in [-0.4, -0.2) is 27.1 Å². The van der Waals surface area contributed by atoms with Crippen LogP contribution in [0, 0.1) is 12.7 Å². The van der Waals surface area contributed by atoms with Crippen molar-refractivity contribution in [2.75, 3.05) is 6.54 Å². The van der Waals surface area contributed by atoms with Crippen molar-refractivity contribution >= 4 is 32.9 Å². The second kappa shape index (κ2) is 11.1. The number of nitrogens with zero attached hydrogens (tertiary/aromatic N) is 1. The van der Waals surface area contributed by atoms with E-state index < -0.39 is 22.5 Å². The van der Waals surface area contributed by atoms with Gasteiger partial charge in [0.15, 0.2) is 0 Å². The minimum Gasteiger partial charge on any atom is -0.488 e. The van der Waals surface area contributed by atoms with Crippen LogP contribution in [0.5, 0.6) is 5.75 Å². The third kappa shape index (κ3) is 6.32. The highest BCUT2D eigenvalue weighted by Gasteiger charge is 2.15. The van der Waals surface area contributed by atoms with E-state index >= 15 is 0 Å². The smallest absolute Gasteiger partial charge is 0.255 e. The van der Waals surface area contributed by atoms with Crippen LogP contribution in [-0.2, 0) is 21.4 Å². The fourth-order valence-corrected chi connectivity index (χ4v) is 4.43. The van der Waals surface area contributed by atoms with Gasteiger partial charge in [-0.25, -0.2) is 23.0 Å². The second-order valence-corrected chi connectivity index (χ2v) is 9.81. The van der Waals surface area contributed by atoms with E-state index in [1.54, 1.807) is 30.3 Å². The Hall–Kier alpha value is -4.08. The number of fused-ring (bicyclic) bond motifs is 1. The molecule has 0 spiro atoms. The summed E-state index contributed by atoms with van der Waals surface area (Å²) in [6, 6.07) is 23.6. The predicted octanol–water partition coefficient (Wildman–Crippen LogP) is 4.29. The lowest BCUT2D eigenvalue weighted by molar-refractivity contribution is -0.119. The van der Waals surface area contributed by atoms with Crippen molar-refractivity contribution < 1.29 is 22.3 Å². The summed E-state index contributed by atoms with van der Waals surface area (Å²) >= 11 is 0. The Morgan fingerprint density at radius 3 is 2.44 bits per heavy atom. The Balaban J connectivity index is 1.45. The van der Waals surface area contributed by atoms with Crippen LogP contribution < -0.4 is 14.9 Å². The molecule has 1 amide bonds. The molecule has 4 rings (SSSR count). The molecule has 4 aromatic rings. The first kappa shape index (κ1) is 25.0. The van der Waals surface area contributed by atoms with Gasteiger partial charge in [-0.1, -0.05) is 60.2 Å². The maximum absolute atomic E-state index is 13.2. The minimum absolute atomic E-state index is 0.0723. The van der Waals surface area contributed by atoms with Crippen molar-refractivity contribution in [1.82, 2.24) is 10.1 Å². The summed E-state index contributed by atoms with van der Waals surface area (Å²) in [5, 5.41) is 5.82. The number of hydrogen-bond acceptors (Lipinski definition) is 5. The van der Waals surface area contributed by atoms with Gasteiger partial charge in [0, 0.05) is 5.56 Å². The Morgan fingerprint density at radius 2 is 1.69 bits per heavy atom. The van der Waals surface area contributed by atoms with Gasteiger partial charge in [-0.05, 0) is 53.6 Å². The molecule has 0 unspecified atom stereocenters. The molecule has 0 aliphatic heterocycles. The standard InChI is InChI=1S/C27H24FN3O4S/c1-19-6-13-23(14-7-19)36(33,34)30-17-27(32)31-29-16-25-24-5-3-2-4-21(24)10-15-26(25)35-18-20-8-11-22(28)12-9-20/h2-16,30H,17-18H2,1H3,(H,31,32)/b29-16-. The topological polar surface area (TPSA) is 96.9 Å². The quantitative estimate of drug-likeness (QED) is 0.262. The van der Waals surface area contributed by atoms with Gasteiger partial charge in [-0.3, -0.25) is 4.79 Å². The SMILES string of the molecule is Cc1ccc(S(=O)(=O)NCC(=O)N/N=C\c2c(OCc3ccc(F)cc3)ccc3ccccc23)cc1. The van der Waals surface area contributed by atoms with Gasteiger partial charge in [0.1, 0.15) is 18.2 Å². The third-order valence-electron chi connectivity index (χ3n) is 5.38. The maximum atomic E-state index is 13.2. The van der Waals surface area contributed by atoms with Crippen molar-refractivity contribution in [3.8, 4) is 5.75 Å². The molecule has 0 aliphatic rings. The largest absolute Gasteiger partial charge is 0.488 e. The molecule has 36 heavy (non-hydrogen) atoms. The van der Waals surface area contributed by atoms with E-state index in [-0.39, 0.29) is 17.3 Å². The normalized spacial score (nSPS) is 11.6. The minimum atomic E-state index is -3.83. The van der Waals surface area contributed by atoms with E-state index in [4.69, 9.17) is 4.74 Å². The number of benzene rings is 4. The fraction of sp³-hybridized carbons (Fsp3) is 0.111. The lowest BCUT2D eigenvalue weighted by Gasteiger charge is -2.12. The molecule has 0 atom stereocenters. The van der Waals surface area contributed by atoms with Crippen LogP contribution in [0.4, 0.5) is 4.39 Å². The highest BCUT2D eigenvalue weighted by atomic mass is 32.2. The zero-order valence-electron chi connectivity index (χ0n) is 19.4. The van der Waals surface area contributed by atoms with Crippen molar-refractivity contribution in [2.45, 2.75) is 18.4 Å². The number of hydrogen-bond donors (Lipinski definition) is 2.